The van der Waals surface area contributed by atoms with Crippen LogP contribution in [0, 0.1) is 0 Å². The minimum Gasteiger partial charge on any atom is -0.318 e. The summed E-state index contributed by atoms with van der Waals surface area (Å²) in [6.45, 7) is 6.14. The average Bonchev–Trinajstić information content (AvgIpc) is 2.80. The summed E-state index contributed by atoms with van der Waals surface area (Å²) in [6.07, 6.45) is 4.96. The zero-order chi connectivity index (χ0) is 12.8. The molecular formula is C12H24N6. The first-order valence-electron chi connectivity index (χ1n) is 6.98. The van der Waals surface area contributed by atoms with Crippen LogP contribution in [-0.2, 0) is 13.1 Å². The van der Waals surface area contributed by atoms with Crippen LogP contribution >= 0.6 is 0 Å². The number of hydrogen-bond donors (Lipinski definition) is 1. The molecule has 0 saturated carbocycles. The molecule has 18 heavy (non-hydrogen) atoms. The maximum atomic E-state index is 4.16. The third-order valence-corrected chi connectivity index (χ3v) is 3.57. The number of likely N-dealkylation sites (N-methyl/N-ethyl adjacent to an activating group) is 1. The fourth-order valence-electron chi connectivity index (χ4n) is 2.64. The van der Waals surface area contributed by atoms with Gasteiger partial charge in [0.15, 0.2) is 5.82 Å². The minimum atomic E-state index is 0.621. The lowest BCUT2D eigenvalue weighted by Crippen LogP contribution is -2.44. The lowest BCUT2D eigenvalue weighted by atomic mass is 10.0. The first-order valence-corrected chi connectivity index (χ1v) is 6.98. The van der Waals surface area contributed by atoms with Gasteiger partial charge in [-0.1, -0.05) is 13.3 Å². The van der Waals surface area contributed by atoms with Gasteiger partial charge in [-0.2, -0.15) is 0 Å². The molecule has 1 aliphatic heterocycles. The molecule has 102 valence electrons. The Labute approximate surface area is 109 Å². The maximum Gasteiger partial charge on any atom is 0.165 e. The highest BCUT2D eigenvalue weighted by Crippen LogP contribution is 2.18. The normalized spacial score (nSPS) is 21.3. The molecule has 1 aromatic heterocycles. The van der Waals surface area contributed by atoms with Gasteiger partial charge in [-0.05, 0) is 43.3 Å². The Hall–Kier alpha value is -1.01. The van der Waals surface area contributed by atoms with E-state index >= 15 is 0 Å². The number of nitrogens with zero attached hydrogens (tertiary/aromatic N) is 5. The van der Waals surface area contributed by atoms with Crippen LogP contribution in [-0.4, -0.2) is 51.3 Å². The van der Waals surface area contributed by atoms with E-state index in [0.29, 0.717) is 6.04 Å². The second-order valence-electron chi connectivity index (χ2n) is 5.00. The molecule has 0 aliphatic carbocycles. The third-order valence-electron chi connectivity index (χ3n) is 3.57. The molecule has 0 spiro atoms. The molecule has 0 radical (unpaired) electrons. The largest absolute Gasteiger partial charge is 0.318 e. The van der Waals surface area contributed by atoms with Gasteiger partial charge in [0.05, 0.1) is 6.54 Å². The molecule has 1 atom stereocenters. The van der Waals surface area contributed by atoms with Crippen LogP contribution in [0.3, 0.4) is 0 Å². The standard InChI is InChI=1S/C12H24N6/c1-3-7-18-12(14-15-16-18)10-17-8-5-4-6-11(17)9-13-2/h11,13H,3-10H2,1-2H3. The van der Waals surface area contributed by atoms with Gasteiger partial charge in [0.25, 0.3) is 0 Å². The molecule has 1 N–H and O–H groups in total. The van der Waals surface area contributed by atoms with Crippen molar-refractivity contribution in [3.05, 3.63) is 5.82 Å². The van der Waals surface area contributed by atoms with Crippen molar-refractivity contribution in [3.63, 3.8) is 0 Å². The summed E-state index contributed by atoms with van der Waals surface area (Å²) in [5.41, 5.74) is 0. The molecule has 6 nitrogen and oxygen atoms in total. The molecule has 1 fully saturated rings. The molecule has 1 saturated heterocycles. The summed E-state index contributed by atoms with van der Waals surface area (Å²) in [5.74, 6) is 1.000. The number of tetrazole rings is 1. The molecule has 6 heteroatoms. The van der Waals surface area contributed by atoms with Gasteiger partial charge < -0.3 is 5.32 Å². The smallest absolute Gasteiger partial charge is 0.165 e. The lowest BCUT2D eigenvalue weighted by molar-refractivity contribution is 0.133. The van der Waals surface area contributed by atoms with Crippen molar-refractivity contribution in [2.75, 3.05) is 20.1 Å². The van der Waals surface area contributed by atoms with E-state index in [9.17, 15) is 0 Å². The fraction of sp³-hybridized carbons (Fsp3) is 0.917. The van der Waals surface area contributed by atoms with E-state index in [4.69, 9.17) is 0 Å². The van der Waals surface area contributed by atoms with Crippen LogP contribution in [0.5, 0.6) is 0 Å². The summed E-state index contributed by atoms with van der Waals surface area (Å²) in [5, 5.41) is 15.3. The molecule has 1 aliphatic rings. The number of likely N-dealkylation sites (tertiary alicyclic amines) is 1. The number of piperidine rings is 1. The number of nitrogens with one attached hydrogen (secondary N) is 1. The summed E-state index contributed by atoms with van der Waals surface area (Å²) in [7, 11) is 2.02. The summed E-state index contributed by atoms with van der Waals surface area (Å²) >= 11 is 0. The van der Waals surface area contributed by atoms with Crippen molar-refractivity contribution in [1.82, 2.24) is 30.4 Å². The van der Waals surface area contributed by atoms with E-state index in [1.165, 1.54) is 19.3 Å². The van der Waals surface area contributed by atoms with E-state index in [0.717, 1.165) is 38.4 Å². The van der Waals surface area contributed by atoms with Crippen molar-refractivity contribution in [2.45, 2.75) is 51.7 Å². The highest BCUT2D eigenvalue weighted by atomic mass is 15.5. The van der Waals surface area contributed by atoms with E-state index in [1.807, 2.05) is 11.7 Å². The Bertz CT molecular complexity index is 348. The Morgan fingerprint density at radius 2 is 2.28 bits per heavy atom. The summed E-state index contributed by atoms with van der Waals surface area (Å²) in [6, 6.07) is 0.621. The van der Waals surface area contributed by atoms with Gasteiger partial charge in [0.1, 0.15) is 0 Å². The number of rotatable bonds is 6. The molecule has 0 amide bonds. The number of aryl methyl sites for hydroxylation is 1. The predicted octanol–water partition coefficient (Wildman–Crippen LogP) is 0.657. The van der Waals surface area contributed by atoms with E-state index in [-0.39, 0.29) is 0 Å². The van der Waals surface area contributed by atoms with Crippen LogP contribution in [0.2, 0.25) is 0 Å². The van der Waals surface area contributed by atoms with Crippen LogP contribution in [0.15, 0.2) is 0 Å². The van der Waals surface area contributed by atoms with Gasteiger partial charge >= 0.3 is 0 Å². The molecule has 1 unspecified atom stereocenters. The zero-order valence-electron chi connectivity index (χ0n) is 11.5. The van der Waals surface area contributed by atoms with Gasteiger partial charge in [0.2, 0.25) is 0 Å². The van der Waals surface area contributed by atoms with Crippen molar-refractivity contribution >= 4 is 0 Å². The van der Waals surface area contributed by atoms with Crippen LogP contribution in [0.4, 0.5) is 0 Å². The fourth-order valence-corrected chi connectivity index (χ4v) is 2.64. The quantitative estimate of drug-likeness (QED) is 0.806. The molecular weight excluding hydrogens is 228 g/mol. The Balaban J connectivity index is 1.99. The average molecular weight is 252 g/mol. The third kappa shape index (κ3) is 3.26. The molecule has 0 aromatic carbocycles. The predicted molar refractivity (Wildman–Crippen MR) is 70.1 cm³/mol. The second-order valence-corrected chi connectivity index (χ2v) is 5.00. The van der Waals surface area contributed by atoms with Gasteiger partial charge in [0, 0.05) is 19.1 Å². The first kappa shape index (κ1) is 13.4. The van der Waals surface area contributed by atoms with Crippen molar-refractivity contribution in [1.29, 1.82) is 0 Å². The minimum absolute atomic E-state index is 0.621. The van der Waals surface area contributed by atoms with Gasteiger partial charge in [-0.15, -0.1) is 5.10 Å². The van der Waals surface area contributed by atoms with Crippen LogP contribution in [0.1, 0.15) is 38.4 Å². The summed E-state index contributed by atoms with van der Waals surface area (Å²) in [4.78, 5) is 2.51. The molecule has 2 heterocycles. The van der Waals surface area contributed by atoms with Crippen molar-refractivity contribution in [3.8, 4) is 0 Å². The van der Waals surface area contributed by atoms with Gasteiger partial charge in [-0.3, -0.25) is 4.90 Å². The SMILES string of the molecule is CCCn1nnnc1CN1CCCCC1CNC. The monoisotopic (exact) mass is 252 g/mol. The van der Waals surface area contributed by atoms with E-state index in [1.54, 1.807) is 0 Å². The topological polar surface area (TPSA) is 58.9 Å². The van der Waals surface area contributed by atoms with Crippen LogP contribution in [0.25, 0.3) is 0 Å². The van der Waals surface area contributed by atoms with Crippen molar-refractivity contribution < 1.29 is 0 Å². The Morgan fingerprint density at radius 3 is 3.06 bits per heavy atom. The summed E-state index contributed by atoms with van der Waals surface area (Å²) < 4.78 is 1.94. The van der Waals surface area contributed by atoms with E-state index < -0.39 is 0 Å². The van der Waals surface area contributed by atoms with Gasteiger partial charge in [-0.25, -0.2) is 4.68 Å². The van der Waals surface area contributed by atoms with Crippen molar-refractivity contribution in [2.24, 2.45) is 0 Å². The lowest BCUT2D eigenvalue weighted by Gasteiger charge is -2.35. The highest BCUT2D eigenvalue weighted by molar-refractivity contribution is 4.86. The maximum absolute atomic E-state index is 4.16. The van der Waals surface area contributed by atoms with Crippen LogP contribution < -0.4 is 5.32 Å². The molecule has 2 rings (SSSR count). The first-order chi connectivity index (χ1) is 8.85. The Kier molecular flexibility index (Phi) is 5.07. The second kappa shape index (κ2) is 6.80. The highest BCUT2D eigenvalue weighted by Gasteiger charge is 2.23. The molecule has 1 aromatic rings. The number of hydrogen-bond acceptors (Lipinski definition) is 5. The number of aromatic nitrogens is 4. The Morgan fingerprint density at radius 1 is 1.39 bits per heavy atom. The van der Waals surface area contributed by atoms with E-state index in [2.05, 4.69) is 32.7 Å². The molecule has 0 bridgehead atoms. The zero-order valence-corrected chi connectivity index (χ0v) is 11.5.